The number of hydrogen-bond acceptors (Lipinski definition) is 4. The van der Waals surface area contributed by atoms with Crippen LogP contribution in [-0.2, 0) is 14.9 Å². The van der Waals surface area contributed by atoms with Gasteiger partial charge in [0, 0.05) is 45.9 Å². The first-order chi connectivity index (χ1) is 9.07. The van der Waals surface area contributed by atoms with Crippen LogP contribution in [0.2, 0.25) is 0 Å². The van der Waals surface area contributed by atoms with Crippen molar-refractivity contribution in [1.29, 1.82) is 0 Å². The molecule has 0 unspecified atom stereocenters. The molecular formula is C12H27N3O3S. The fourth-order valence-corrected chi connectivity index (χ4v) is 4.31. The van der Waals surface area contributed by atoms with Gasteiger partial charge in [-0.05, 0) is 12.8 Å². The van der Waals surface area contributed by atoms with Crippen molar-refractivity contribution in [2.75, 3.05) is 46.4 Å². The number of piperazine rings is 1. The van der Waals surface area contributed by atoms with Crippen molar-refractivity contribution in [3.63, 3.8) is 0 Å². The van der Waals surface area contributed by atoms with Crippen LogP contribution in [0.3, 0.4) is 0 Å². The van der Waals surface area contributed by atoms with E-state index in [4.69, 9.17) is 4.74 Å². The highest BCUT2D eigenvalue weighted by atomic mass is 32.2. The van der Waals surface area contributed by atoms with Crippen LogP contribution in [-0.4, -0.2) is 69.5 Å². The fraction of sp³-hybridized carbons (Fsp3) is 1.00. The second-order valence-electron chi connectivity index (χ2n) is 4.73. The summed E-state index contributed by atoms with van der Waals surface area (Å²) < 4.78 is 33.7. The van der Waals surface area contributed by atoms with Gasteiger partial charge in [-0.1, -0.05) is 13.8 Å². The van der Waals surface area contributed by atoms with Gasteiger partial charge in [0.25, 0.3) is 10.2 Å². The van der Waals surface area contributed by atoms with Crippen molar-refractivity contribution < 1.29 is 13.2 Å². The van der Waals surface area contributed by atoms with Crippen molar-refractivity contribution in [3.8, 4) is 0 Å². The van der Waals surface area contributed by atoms with E-state index >= 15 is 0 Å². The first-order valence-electron chi connectivity index (χ1n) is 7.04. The number of methoxy groups -OCH3 is 1. The maximum absolute atomic E-state index is 12.7. The van der Waals surface area contributed by atoms with Crippen molar-refractivity contribution >= 4 is 10.2 Å². The quantitative estimate of drug-likeness (QED) is 0.698. The van der Waals surface area contributed by atoms with E-state index < -0.39 is 10.2 Å². The minimum absolute atomic E-state index is 0.0510. The molecule has 0 spiro atoms. The number of rotatable bonds is 8. The van der Waals surface area contributed by atoms with E-state index in [9.17, 15) is 8.42 Å². The predicted octanol–water partition coefficient (Wildman–Crippen LogP) is 0.273. The Bertz CT molecular complexity index is 338. The second-order valence-corrected chi connectivity index (χ2v) is 6.61. The first-order valence-corrected chi connectivity index (χ1v) is 8.44. The molecule has 0 bridgehead atoms. The number of ether oxygens (including phenoxy) is 1. The maximum Gasteiger partial charge on any atom is 0.282 e. The SMILES string of the molecule is CCC(CC)N(CCOC)S(=O)(=O)N1CCNCC1. The van der Waals surface area contributed by atoms with Gasteiger partial charge in [0.1, 0.15) is 0 Å². The van der Waals surface area contributed by atoms with Gasteiger partial charge >= 0.3 is 0 Å². The Hall–Kier alpha value is -0.210. The molecular weight excluding hydrogens is 266 g/mol. The molecule has 7 heteroatoms. The largest absolute Gasteiger partial charge is 0.383 e. The van der Waals surface area contributed by atoms with E-state index in [-0.39, 0.29) is 6.04 Å². The van der Waals surface area contributed by atoms with Crippen LogP contribution in [0, 0.1) is 0 Å². The molecule has 0 aromatic carbocycles. The molecule has 6 nitrogen and oxygen atoms in total. The summed E-state index contributed by atoms with van der Waals surface area (Å²) in [5, 5.41) is 3.18. The predicted molar refractivity (Wildman–Crippen MR) is 76.3 cm³/mol. The Labute approximate surface area is 117 Å². The van der Waals surface area contributed by atoms with Crippen molar-refractivity contribution in [2.45, 2.75) is 32.7 Å². The zero-order valence-corrected chi connectivity index (χ0v) is 13.1. The summed E-state index contributed by atoms with van der Waals surface area (Å²) in [6.07, 6.45) is 1.65. The van der Waals surface area contributed by atoms with Crippen LogP contribution in [0.25, 0.3) is 0 Å². The summed E-state index contributed by atoms with van der Waals surface area (Å²) in [4.78, 5) is 0. The van der Waals surface area contributed by atoms with E-state index in [2.05, 4.69) is 5.32 Å². The molecule has 1 heterocycles. The van der Waals surface area contributed by atoms with Crippen LogP contribution in [0.1, 0.15) is 26.7 Å². The van der Waals surface area contributed by atoms with Crippen LogP contribution in [0.5, 0.6) is 0 Å². The van der Waals surface area contributed by atoms with Gasteiger partial charge in [-0.15, -0.1) is 0 Å². The molecule has 0 atom stereocenters. The molecule has 0 aliphatic carbocycles. The standard InChI is InChI=1S/C12H27N3O3S/c1-4-12(5-2)15(10-11-18-3)19(16,17)14-8-6-13-7-9-14/h12-13H,4-11H2,1-3H3. The van der Waals surface area contributed by atoms with E-state index in [1.54, 1.807) is 15.7 Å². The number of nitrogens with one attached hydrogen (secondary N) is 1. The monoisotopic (exact) mass is 293 g/mol. The van der Waals surface area contributed by atoms with Crippen LogP contribution >= 0.6 is 0 Å². The average molecular weight is 293 g/mol. The van der Waals surface area contributed by atoms with E-state index in [1.165, 1.54) is 0 Å². The average Bonchev–Trinajstić information content (AvgIpc) is 2.44. The highest BCUT2D eigenvalue weighted by molar-refractivity contribution is 7.86. The van der Waals surface area contributed by atoms with Gasteiger partial charge in [0.05, 0.1) is 6.61 Å². The molecule has 0 aromatic heterocycles. The zero-order valence-electron chi connectivity index (χ0n) is 12.3. The third kappa shape index (κ3) is 4.39. The molecule has 1 saturated heterocycles. The topological polar surface area (TPSA) is 61.9 Å². The van der Waals surface area contributed by atoms with Crippen LogP contribution in [0.4, 0.5) is 0 Å². The summed E-state index contributed by atoms with van der Waals surface area (Å²) in [5.74, 6) is 0. The van der Waals surface area contributed by atoms with Crippen LogP contribution < -0.4 is 5.32 Å². The summed E-state index contributed by atoms with van der Waals surface area (Å²) >= 11 is 0. The molecule has 114 valence electrons. The molecule has 0 saturated carbocycles. The van der Waals surface area contributed by atoms with Gasteiger partial charge in [-0.2, -0.15) is 17.0 Å². The highest BCUT2D eigenvalue weighted by Crippen LogP contribution is 2.17. The Morgan fingerprint density at radius 3 is 2.32 bits per heavy atom. The molecule has 0 aromatic rings. The Balaban J connectivity index is 2.86. The molecule has 0 radical (unpaired) electrons. The summed E-state index contributed by atoms with van der Waals surface area (Å²) in [7, 11) is -1.77. The van der Waals surface area contributed by atoms with E-state index in [1.807, 2.05) is 13.8 Å². The van der Waals surface area contributed by atoms with Crippen molar-refractivity contribution in [3.05, 3.63) is 0 Å². The fourth-order valence-electron chi connectivity index (χ4n) is 2.39. The van der Waals surface area contributed by atoms with E-state index in [0.29, 0.717) is 26.2 Å². The normalized spacial score (nSPS) is 18.4. The zero-order chi connectivity index (χ0) is 14.3. The molecule has 1 aliphatic rings. The number of nitrogens with zero attached hydrogens (tertiary/aromatic N) is 2. The lowest BCUT2D eigenvalue weighted by Crippen LogP contribution is -2.54. The summed E-state index contributed by atoms with van der Waals surface area (Å²) in [6.45, 7) is 7.46. The third-order valence-electron chi connectivity index (χ3n) is 3.56. The minimum Gasteiger partial charge on any atom is -0.383 e. The third-order valence-corrected chi connectivity index (χ3v) is 5.66. The van der Waals surface area contributed by atoms with Gasteiger partial charge in [0.2, 0.25) is 0 Å². The lowest BCUT2D eigenvalue weighted by molar-refractivity contribution is 0.157. The summed E-state index contributed by atoms with van der Waals surface area (Å²) in [6, 6.07) is 0.0510. The molecule has 0 amide bonds. The lowest BCUT2D eigenvalue weighted by atomic mass is 10.2. The Morgan fingerprint density at radius 2 is 1.84 bits per heavy atom. The Kier molecular flexibility index (Phi) is 7.23. The van der Waals surface area contributed by atoms with E-state index in [0.717, 1.165) is 25.9 Å². The van der Waals surface area contributed by atoms with Gasteiger partial charge in [0.15, 0.2) is 0 Å². The first kappa shape index (κ1) is 16.8. The molecule has 19 heavy (non-hydrogen) atoms. The van der Waals surface area contributed by atoms with Gasteiger partial charge in [-0.25, -0.2) is 0 Å². The van der Waals surface area contributed by atoms with Gasteiger partial charge < -0.3 is 10.1 Å². The van der Waals surface area contributed by atoms with Crippen LogP contribution in [0.15, 0.2) is 0 Å². The van der Waals surface area contributed by atoms with Crippen molar-refractivity contribution in [2.24, 2.45) is 0 Å². The maximum atomic E-state index is 12.7. The van der Waals surface area contributed by atoms with Gasteiger partial charge in [-0.3, -0.25) is 0 Å². The lowest BCUT2D eigenvalue weighted by Gasteiger charge is -2.36. The highest BCUT2D eigenvalue weighted by Gasteiger charge is 2.33. The molecule has 1 N–H and O–H groups in total. The molecule has 1 aliphatic heterocycles. The summed E-state index contributed by atoms with van der Waals surface area (Å²) in [5.41, 5.74) is 0. The Morgan fingerprint density at radius 1 is 1.26 bits per heavy atom. The molecule has 1 rings (SSSR count). The minimum atomic E-state index is -3.37. The second kappa shape index (κ2) is 8.16. The van der Waals surface area contributed by atoms with Crippen molar-refractivity contribution in [1.82, 2.24) is 13.9 Å². The smallest absolute Gasteiger partial charge is 0.282 e. The number of hydrogen-bond donors (Lipinski definition) is 1. The molecule has 1 fully saturated rings.